The van der Waals surface area contributed by atoms with E-state index >= 15 is 0 Å². The van der Waals surface area contributed by atoms with E-state index in [2.05, 4.69) is 35.0 Å². The lowest BCUT2D eigenvalue weighted by Gasteiger charge is -2.26. The van der Waals surface area contributed by atoms with Crippen molar-refractivity contribution in [1.29, 1.82) is 0 Å². The van der Waals surface area contributed by atoms with Crippen LogP contribution in [0.3, 0.4) is 0 Å². The Morgan fingerprint density at radius 1 is 0.839 bits per heavy atom. The minimum absolute atomic E-state index is 0.132. The van der Waals surface area contributed by atoms with Gasteiger partial charge in [-0.05, 0) is 48.1 Å². The molecule has 4 aromatic rings. The predicted octanol–water partition coefficient (Wildman–Crippen LogP) is 5.75. The second-order valence-corrected chi connectivity index (χ2v) is 8.09. The lowest BCUT2D eigenvalue weighted by molar-refractivity contribution is 0.766. The van der Waals surface area contributed by atoms with Gasteiger partial charge in [-0.15, -0.1) is 0 Å². The molecule has 0 fully saturated rings. The molecule has 0 bridgehead atoms. The molecule has 5 rings (SSSR count). The standard InChI is InChI=1S/C25H19ClN4S/c26-19-13-11-18(12-14-19)24-21(16-30(29-24)20-9-5-2-6-10-20)23-15-22(27-25(31)28-23)17-7-3-1-4-8-17/h1-16,23H,(H2,27,28,31)/t23-/m1/s1. The summed E-state index contributed by atoms with van der Waals surface area (Å²) in [6.45, 7) is 0. The number of rotatable bonds is 4. The van der Waals surface area contributed by atoms with Gasteiger partial charge in [0.25, 0.3) is 0 Å². The summed E-state index contributed by atoms with van der Waals surface area (Å²) in [5, 5.41) is 12.9. The molecule has 0 saturated heterocycles. The number of para-hydroxylation sites is 1. The minimum atomic E-state index is -0.132. The second kappa shape index (κ2) is 8.38. The van der Waals surface area contributed by atoms with Crippen molar-refractivity contribution in [3.8, 4) is 16.9 Å². The van der Waals surface area contributed by atoms with E-state index in [0.717, 1.165) is 33.8 Å². The first-order valence-corrected chi connectivity index (χ1v) is 10.7. The molecule has 31 heavy (non-hydrogen) atoms. The van der Waals surface area contributed by atoms with Crippen molar-refractivity contribution < 1.29 is 0 Å². The monoisotopic (exact) mass is 442 g/mol. The van der Waals surface area contributed by atoms with Gasteiger partial charge in [-0.1, -0.05) is 72.3 Å². The summed E-state index contributed by atoms with van der Waals surface area (Å²) < 4.78 is 1.90. The van der Waals surface area contributed by atoms with Crippen molar-refractivity contribution in [2.24, 2.45) is 0 Å². The maximum atomic E-state index is 6.12. The Labute approximate surface area is 191 Å². The summed E-state index contributed by atoms with van der Waals surface area (Å²) in [5.41, 5.74) is 5.96. The van der Waals surface area contributed by atoms with Gasteiger partial charge in [-0.25, -0.2) is 4.68 Å². The summed E-state index contributed by atoms with van der Waals surface area (Å²) in [6.07, 6.45) is 4.21. The number of nitrogens with zero attached hydrogens (tertiary/aromatic N) is 2. The molecule has 2 N–H and O–H groups in total. The third-order valence-electron chi connectivity index (χ3n) is 5.17. The first-order valence-electron chi connectivity index (χ1n) is 9.93. The van der Waals surface area contributed by atoms with Crippen LogP contribution in [0.1, 0.15) is 17.2 Å². The number of thiocarbonyl (C=S) groups is 1. The summed E-state index contributed by atoms with van der Waals surface area (Å²) in [7, 11) is 0. The highest BCUT2D eigenvalue weighted by Crippen LogP contribution is 2.32. The summed E-state index contributed by atoms with van der Waals surface area (Å²) in [6, 6.07) is 27.9. The highest BCUT2D eigenvalue weighted by atomic mass is 35.5. The van der Waals surface area contributed by atoms with Gasteiger partial charge in [0, 0.05) is 28.0 Å². The number of benzene rings is 3. The first-order chi connectivity index (χ1) is 15.2. The molecular formula is C25H19ClN4S. The topological polar surface area (TPSA) is 41.9 Å². The fourth-order valence-corrected chi connectivity index (χ4v) is 4.03. The van der Waals surface area contributed by atoms with Gasteiger partial charge >= 0.3 is 0 Å². The van der Waals surface area contributed by atoms with Crippen molar-refractivity contribution in [2.45, 2.75) is 6.04 Å². The second-order valence-electron chi connectivity index (χ2n) is 7.24. The maximum Gasteiger partial charge on any atom is 0.171 e. The molecule has 3 aromatic carbocycles. The van der Waals surface area contributed by atoms with Crippen LogP contribution in [0.15, 0.2) is 97.2 Å². The zero-order valence-electron chi connectivity index (χ0n) is 16.5. The van der Waals surface area contributed by atoms with Crippen LogP contribution < -0.4 is 10.6 Å². The number of hydrogen-bond donors (Lipinski definition) is 2. The SMILES string of the molecule is S=C1NC(c2ccccc2)=C[C@H](c2cn(-c3ccccc3)nc2-c2ccc(Cl)cc2)N1. The van der Waals surface area contributed by atoms with E-state index in [1.54, 1.807) is 0 Å². The van der Waals surface area contributed by atoms with Crippen LogP contribution >= 0.6 is 23.8 Å². The van der Waals surface area contributed by atoms with E-state index < -0.39 is 0 Å². The van der Waals surface area contributed by atoms with E-state index in [9.17, 15) is 0 Å². The van der Waals surface area contributed by atoms with Gasteiger partial charge in [0.05, 0.1) is 17.4 Å². The summed E-state index contributed by atoms with van der Waals surface area (Å²) in [4.78, 5) is 0. The van der Waals surface area contributed by atoms with Crippen LogP contribution in [-0.4, -0.2) is 14.9 Å². The summed E-state index contributed by atoms with van der Waals surface area (Å²) >= 11 is 11.7. The smallest absolute Gasteiger partial charge is 0.171 e. The number of hydrogen-bond acceptors (Lipinski definition) is 2. The zero-order chi connectivity index (χ0) is 21.2. The Kier molecular flexibility index (Phi) is 5.28. The van der Waals surface area contributed by atoms with E-state index in [0.29, 0.717) is 10.1 Å². The molecule has 1 aliphatic rings. The Hall–Kier alpha value is -3.41. The molecule has 0 saturated carbocycles. The molecule has 152 valence electrons. The van der Waals surface area contributed by atoms with Crippen molar-refractivity contribution >= 4 is 34.6 Å². The third kappa shape index (κ3) is 4.10. The number of aromatic nitrogens is 2. The van der Waals surface area contributed by atoms with Gasteiger partial charge in [0.2, 0.25) is 0 Å². The van der Waals surface area contributed by atoms with Gasteiger partial charge in [0.15, 0.2) is 5.11 Å². The van der Waals surface area contributed by atoms with Crippen LogP contribution in [0.2, 0.25) is 5.02 Å². The molecule has 0 spiro atoms. The first kappa shape index (κ1) is 19.5. The number of nitrogens with one attached hydrogen (secondary N) is 2. The molecule has 0 amide bonds. The van der Waals surface area contributed by atoms with E-state index in [4.69, 9.17) is 28.9 Å². The third-order valence-corrected chi connectivity index (χ3v) is 5.64. The lowest BCUT2D eigenvalue weighted by Crippen LogP contribution is -2.40. The lowest BCUT2D eigenvalue weighted by atomic mass is 9.99. The maximum absolute atomic E-state index is 6.12. The molecule has 4 nitrogen and oxygen atoms in total. The van der Waals surface area contributed by atoms with Crippen LogP contribution in [0.4, 0.5) is 0 Å². The molecule has 1 aliphatic heterocycles. The van der Waals surface area contributed by atoms with Crippen molar-refractivity contribution in [2.75, 3.05) is 0 Å². The van der Waals surface area contributed by atoms with E-state index in [1.807, 2.05) is 77.5 Å². The minimum Gasteiger partial charge on any atom is -0.352 e. The average Bonchev–Trinajstić information content (AvgIpc) is 3.26. The molecule has 0 radical (unpaired) electrons. The fourth-order valence-electron chi connectivity index (χ4n) is 3.66. The highest BCUT2D eigenvalue weighted by molar-refractivity contribution is 7.80. The Balaban J connectivity index is 1.64. The highest BCUT2D eigenvalue weighted by Gasteiger charge is 2.24. The molecule has 0 unspecified atom stereocenters. The number of halogens is 1. The predicted molar refractivity (Wildman–Crippen MR) is 130 cm³/mol. The van der Waals surface area contributed by atoms with E-state index in [1.165, 1.54) is 0 Å². The largest absolute Gasteiger partial charge is 0.352 e. The van der Waals surface area contributed by atoms with Crippen LogP contribution in [0.25, 0.3) is 22.6 Å². The fraction of sp³-hybridized carbons (Fsp3) is 0.0400. The molecule has 6 heteroatoms. The van der Waals surface area contributed by atoms with Gasteiger partial charge in [0.1, 0.15) is 0 Å². The van der Waals surface area contributed by atoms with Crippen molar-refractivity contribution in [3.05, 3.63) is 113 Å². The molecular weight excluding hydrogens is 424 g/mol. The molecule has 1 atom stereocenters. The van der Waals surface area contributed by atoms with Gasteiger partial charge in [-0.3, -0.25) is 0 Å². The molecule has 0 aliphatic carbocycles. The summed E-state index contributed by atoms with van der Waals surface area (Å²) in [5.74, 6) is 0. The van der Waals surface area contributed by atoms with Gasteiger partial charge in [-0.2, -0.15) is 5.10 Å². The van der Waals surface area contributed by atoms with Crippen LogP contribution in [0.5, 0.6) is 0 Å². The van der Waals surface area contributed by atoms with Crippen LogP contribution in [0, 0.1) is 0 Å². The van der Waals surface area contributed by atoms with Crippen molar-refractivity contribution in [3.63, 3.8) is 0 Å². The Morgan fingerprint density at radius 3 is 2.23 bits per heavy atom. The van der Waals surface area contributed by atoms with E-state index in [-0.39, 0.29) is 6.04 Å². The quantitative estimate of drug-likeness (QED) is 0.395. The normalized spacial score (nSPS) is 15.7. The molecule has 2 heterocycles. The van der Waals surface area contributed by atoms with Crippen LogP contribution in [-0.2, 0) is 0 Å². The zero-order valence-corrected chi connectivity index (χ0v) is 18.1. The Morgan fingerprint density at radius 2 is 1.52 bits per heavy atom. The molecule has 1 aromatic heterocycles. The van der Waals surface area contributed by atoms with Gasteiger partial charge < -0.3 is 10.6 Å². The average molecular weight is 443 g/mol. The Bertz CT molecular complexity index is 1250. The van der Waals surface area contributed by atoms with Crippen molar-refractivity contribution in [1.82, 2.24) is 20.4 Å².